The number of benzene rings is 1. The number of rotatable bonds is 1. The first kappa shape index (κ1) is 8.66. The lowest BCUT2D eigenvalue weighted by atomic mass is 10.0. The molecule has 0 saturated heterocycles. The normalized spacial score (nSPS) is 10.8. The van der Waals surface area contributed by atoms with Crippen molar-refractivity contribution in [3.8, 4) is 6.07 Å². The largest absolute Gasteiger partial charge is 0.357 e. The second kappa shape index (κ2) is 2.90. The van der Waals surface area contributed by atoms with E-state index < -0.39 is 5.92 Å². The number of hydrogen-bond donors (Lipinski definition) is 0. The van der Waals surface area contributed by atoms with Gasteiger partial charge in [0.15, 0.2) is 0 Å². The standard InChI is InChI=1S/C9H7F2N/c1-7-4-2-3-5-8(7)9(10,11)6-12/h2-5H,1H3. The van der Waals surface area contributed by atoms with Crippen LogP contribution in [0.15, 0.2) is 24.3 Å². The third kappa shape index (κ3) is 1.42. The first-order valence-corrected chi connectivity index (χ1v) is 3.43. The molecule has 12 heavy (non-hydrogen) atoms. The van der Waals surface area contributed by atoms with Crippen molar-refractivity contribution in [1.29, 1.82) is 5.26 Å². The van der Waals surface area contributed by atoms with Gasteiger partial charge in [0.25, 0.3) is 0 Å². The second-order valence-corrected chi connectivity index (χ2v) is 2.50. The van der Waals surface area contributed by atoms with Gasteiger partial charge in [-0.3, -0.25) is 0 Å². The van der Waals surface area contributed by atoms with Crippen LogP contribution in [-0.4, -0.2) is 0 Å². The van der Waals surface area contributed by atoms with Gasteiger partial charge in [0.2, 0.25) is 0 Å². The molecule has 0 heterocycles. The van der Waals surface area contributed by atoms with Gasteiger partial charge in [-0.25, -0.2) is 0 Å². The molecule has 0 spiro atoms. The molecule has 1 rings (SSSR count). The third-order valence-electron chi connectivity index (χ3n) is 1.62. The van der Waals surface area contributed by atoms with Gasteiger partial charge in [-0.05, 0) is 12.5 Å². The first-order chi connectivity index (χ1) is 5.58. The molecule has 0 bridgehead atoms. The molecule has 0 atom stereocenters. The van der Waals surface area contributed by atoms with E-state index in [0.29, 0.717) is 5.56 Å². The molecule has 3 heteroatoms. The van der Waals surface area contributed by atoms with Crippen molar-refractivity contribution in [3.05, 3.63) is 35.4 Å². The predicted octanol–water partition coefficient (Wildman–Crippen LogP) is 2.61. The maximum Gasteiger partial charge on any atom is 0.357 e. The van der Waals surface area contributed by atoms with E-state index in [-0.39, 0.29) is 5.56 Å². The molecule has 1 aromatic carbocycles. The fourth-order valence-corrected chi connectivity index (χ4v) is 0.985. The number of halogens is 2. The van der Waals surface area contributed by atoms with Crippen molar-refractivity contribution in [3.63, 3.8) is 0 Å². The summed E-state index contributed by atoms with van der Waals surface area (Å²) in [4.78, 5) is 0. The van der Waals surface area contributed by atoms with Gasteiger partial charge in [-0.15, -0.1) is 0 Å². The summed E-state index contributed by atoms with van der Waals surface area (Å²) >= 11 is 0. The lowest BCUT2D eigenvalue weighted by Gasteiger charge is -2.09. The fourth-order valence-electron chi connectivity index (χ4n) is 0.985. The van der Waals surface area contributed by atoms with Gasteiger partial charge < -0.3 is 0 Å². The number of hydrogen-bond acceptors (Lipinski definition) is 1. The average Bonchev–Trinajstić information content (AvgIpc) is 2.05. The lowest BCUT2D eigenvalue weighted by Crippen LogP contribution is -2.11. The van der Waals surface area contributed by atoms with Crippen LogP contribution in [0, 0.1) is 18.3 Å². The first-order valence-electron chi connectivity index (χ1n) is 3.43. The van der Waals surface area contributed by atoms with E-state index in [4.69, 9.17) is 5.26 Å². The molecule has 0 aromatic heterocycles. The molecule has 1 aromatic rings. The number of aryl methyl sites for hydroxylation is 1. The summed E-state index contributed by atoms with van der Waals surface area (Å²) < 4.78 is 25.6. The Morgan fingerprint density at radius 2 is 1.92 bits per heavy atom. The van der Waals surface area contributed by atoms with Crippen molar-refractivity contribution in [1.82, 2.24) is 0 Å². The predicted molar refractivity (Wildman–Crippen MR) is 40.7 cm³/mol. The van der Waals surface area contributed by atoms with Crippen molar-refractivity contribution in [2.75, 3.05) is 0 Å². The highest BCUT2D eigenvalue weighted by Gasteiger charge is 2.32. The molecule has 0 unspecified atom stereocenters. The van der Waals surface area contributed by atoms with Crippen molar-refractivity contribution in [2.24, 2.45) is 0 Å². The molecule has 0 aliphatic heterocycles. The lowest BCUT2D eigenvalue weighted by molar-refractivity contribution is 0.0606. The highest BCUT2D eigenvalue weighted by atomic mass is 19.3. The highest BCUT2D eigenvalue weighted by molar-refractivity contribution is 5.33. The Labute approximate surface area is 69.2 Å². The van der Waals surface area contributed by atoms with Crippen LogP contribution in [-0.2, 0) is 5.92 Å². The van der Waals surface area contributed by atoms with E-state index in [0.717, 1.165) is 6.07 Å². The van der Waals surface area contributed by atoms with Gasteiger partial charge >= 0.3 is 5.92 Å². The molecule has 0 fully saturated rings. The SMILES string of the molecule is Cc1ccccc1C(F)(F)C#N. The van der Waals surface area contributed by atoms with Crippen LogP contribution in [0.2, 0.25) is 0 Å². The van der Waals surface area contributed by atoms with Gasteiger partial charge in [0, 0.05) is 5.56 Å². The summed E-state index contributed by atoms with van der Waals surface area (Å²) in [5.74, 6) is -3.37. The molecule has 0 N–H and O–H groups in total. The van der Waals surface area contributed by atoms with E-state index in [1.807, 2.05) is 0 Å². The molecular weight excluding hydrogens is 160 g/mol. The van der Waals surface area contributed by atoms with Crippen LogP contribution in [0.25, 0.3) is 0 Å². The summed E-state index contributed by atoms with van der Waals surface area (Å²) in [6.45, 7) is 1.56. The highest BCUT2D eigenvalue weighted by Crippen LogP contribution is 2.28. The quantitative estimate of drug-likeness (QED) is 0.630. The molecule has 0 amide bonds. The Morgan fingerprint density at radius 1 is 1.33 bits per heavy atom. The van der Waals surface area contributed by atoms with E-state index in [2.05, 4.69) is 0 Å². The van der Waals surface area contributed by atoms with Gasteiger partial charge in [0.05, 0.1) is 0 Å². The minimum Gasteiger partial charge on any atom is -0.191 e. The summed E-state index contributed by atoms with van der Waals surface area (Å²) in [5.41, 5.74) is 0.219. The van der Waals surface area contributed by atoms with Crippen molar-refractivity contribution < 1.29 is 8.78 Å². The summed E-state index contributed by atoms with van der Waals surface area (Å²) in [6, 6.07) is 6.94. The van der Waals surface area contributed by atoms with E-state index in [1.165, 1.54) is 12.1 Å². The molecule has 1 nitrogen and oxygen atoms in total. The summed E-state index contributed by atoms with van der Waals surface area (Å²) in [5, 5.41) is 8.17. The third-order valence-corrected chi connectivity index (χ3v) is 1.62. The molecule has 62 valence electrons. The zero-order valence-electron chi connectivity index (χ0n) is 6.51. The van der Waals surface area contributed by atoms with Crippen LogP contribution < -0.4 is 0 Å². The van der Waals surface area contributed by atoms with Crippen LogP contribution in [0.1, 0.15) is 11.1 Å². The molecular formula is C9H7F2N. The number of alkyl halides is 2. The summed E-state index contributed by atoms with van der Waals surface area (Å²) in [6.07, 6.45) is 0. The maximum absolute atomic E-state index is 12.8. The van der Waals surface area contributed by atoms with Crippen LogP contribution in [0.5, 0.6) is 0 Å². The van der Waals surface area contributed by atoms with Crippen LogP contribution in [0.4, 0.5) is 8.78 Å². The molecule has 0 aliphatic rings. The van der Waals surface area contributed by atoms with Gasteiger partial charge in [0.1, 0.15) is 6.07 Å². The smallest absolute Gasteiger partial charge is 0.191 e. The zero-order chi connectivity index (χ0) is 9.19. The van der Waals surface area contributed by atoms with E-state index in [1.54, 1.807) is 19.1 Å². The minimum atomic E-state index is -3.37. The maximum atomic E-state index is 12.8. The zero-order valence-corrected chi connectivity index (χ0v) is 6.51. The van der Waals surface area contributed by atoms with Gasteiger partial charge in [-0.1, -0.05) is 24.3 Å². The van der Waals surface area contributed by atoms with E-state index >= 15 is 0 Å². The minimum absolute atomic E-state index is 0.215. The van der Waals surface area contributed by atoms with Crippen LogP contribution in [0.3, 0.4) is 0 Å². The Balaban J connectivity index is 3.22. The monoisotopic (exact) mass is 167 g/mol. The topological polar surface area (TPSA) is 23.8 Å². The second-order valence-electron chi connectivity index (χ2n) is 2.50. The average molecular weight is 167 g/mol. The Bertz CT molecular complexity index is 326. The molecule has 0 radical (unpaired) electrons. The Kier molecular flexibility index (Phi) is 2.09. The van der Waals surface area contributed by atoms with Gasteiger partial charge in [-0.2, -0.15) is 14.0 Å². The number of nitriles is 1. The molecule has 0 aliphatic carbocycles. The fraction of sp³-hybridized carbons (Fsp3) is 0.222. The number of nitrogens with zero attached hydrogens (tertiary/aromatic N) is 1. The summed E-state index contributed by atoms with van der Waals surface area (Å²) in [7, 11) is 0. The van der Waals surface area contributed by atoms with Crippen molar-refractivity contribution >= 4 is 0 Å². The van der Waals surface area contributed by atoms with Crippen LogP contribution >= 0.6 is 0 Å². The Morgan fingerprint density at radius 3 is 2.42 bits per heavy atom. The van der Waals surface area contributed by atoms with Crippen molar-refractivity contribution in [2.45, 2.75) is 12.8 Å². The Hall–Kier alpha value is -1.43. The van der Waals surface area contributed by atoms with E-state index in [9.17, 15) is 8.78 Å². The molecule has 0 saturated carbocycles.